The van der Waals surface area contributed by atoms with Crippen molar-refractivity contribution in [3.63, 3.8) is 0 Å². The molecule has 0 fully saturated rings. The second kappa shape index (κ2) is 18.1. The van der Waals surface area contributed by atoms with Gasteiger partial charge in [0.15, 0.2) is 39.3 Å². The van der Waals surface area contributed by atoms with Crippen LogP contribution in [-0.2, 0) is 56.4 Å². The second-order valence-corrected chi connectivity index (χ2v) is 26.6. The van der Waals surface area contributed by atoms with Gasteiger partial charge in [0.25, 0.3) is 0 Å². The zero-order valence-electron chi connectivity index (χ0n) is 38.8. The molecule has 7 aromatic rings. The monoisotopic (exact) mass is 1060 g/mol. The average molecular weight is 1060 g/mol. The molecular weight excluding hydrogens is 1010 g/mol. The van der Waals surface area contributed by atoms with Crippen molar-refractivity contribution < 1.29 is 50.7 Å². The number of fused-ring (bicyclic) bond motifs is 20. The van der Waals surface area contributed by atoms with Crippen LogP contribution in [0.5, 0.6) is 0 Å². The summed E-state index contributed by atoms with van der Waals surface area (Å²) in [5.74, 6) is -0.310. The Bertz CT molecular complexity index is 3660. The minimum atomic E-state index is -4.03. The van der Waals surface area contributed by atoms with Gasteiger partial charge in [0.05, 0.1) is 63.9 Å². The van der Waals surface area contributed by atoms with E-state index in [2.05, 4.69) is 0 Å². The van der Waals surface area contributed by atoms with Crippen LogP contribution < -0.4 is 9.97 Å². The molecule has 0 aliphatic carbocycles. The molecule has 0 amide bonds. The molecule has 2 aliphatic rings. The Balaban J connectivity index is 0.00000642. The molecule has 4 atom stereocenters. The zero-order chi connectivity index (χ0) is 48.8. The van der Waals surface area contributed by atoms with Crippen molar-refractivity contribution in [1.29, 1.82) is 0 Å². The van der Waals surface area contributed by atoms with Gasteiger partial charge in [0.2, 0.25) is 0 Å². The van der Waals surface area contributed by atoms with Crippen LogP contribution in [0.1, 0.15) is 81.1 Å². The van der Waals surface area contributed by atoms with E-state index in [0.29, 0.717) is 25.7 Å². The molecule has 69 heavy (non-hydrogen) atoms. The molecule has 4 aromatic carbocycles. The Kier molecular flexibility index (Phi) is 13.1. The minimum absolute atomic E-state index is 0. The van der Waals surface area contributed by atoms with Gasteiger partial charge in [-0.25, -0.2) is 43.6 Å². The van der Waals surface area contributed by atoms with Crippen molar-refractivity contribution >= 4 is 83.5 Å². The molecule has 363 valence electrons. The Morgan fingerprint density at radius 1 is 0.391 bits per heavy atom. The number of rotatable bonds is 12. The van der Waals surface area contributed by atoms with E-state index in [9.17, 15) is 33.7 Å². The van der Waals surface area contributed by atoms with Gasteiger partial charge in [0.1, 0.15) is 0 Å². The van der Waals surface area contributed by atoms with E-state index in [1.165, 1.54) is 24.3 Å². The van der Waals surface area contributed by atoms with E-state index in [1.807, 2.05) is 0 Å². The zero-order valence-corrected chi connectivity index (χ0v) is 43.1. The largest absolute Gasteiger partial charge is 2.00 e. The number of hydrogen-bond acceptors (Lipinski definition) is 14. The first kappa shape index (κ1) is 50.0. The molecule has 0 N–H and O–H groups in total. The van der Waals surface area contributed by atoms with Crippen molar-refractivity contribution in [3.8, 4) is 45.6 Å². The van der Waals surface area contributed by atoms with Crippen LogP contribution in [-0.4, -0.2) is 84.6 Å². The van der Waals surface area contributed by atoms with Gasteiger partial charge in [-0.3, -0.25) is 0 Å². The maximum absolute atomic E-state index is 14.3. The molecule has 1 radical (unpaired) electrons. The van der Waals surface area contributed by atoms with E-state index in [4.69, 9.17) is 39.9 Å². The van der Waals surface area contributed by atoms with E-state index in [1.54, 1.807) is 104 Å². The van der Waals surface area contributed by atoms with Gasteiger partial charge in [-0.2, -0.15) is 0 Å². The molecule has 5 heterocycles. The van der Waals surface area contributed by atoms with Gasteiger partial charge in [-0.05, 0) is 88.4 Å². The number of nitrogens with zero attached hydrogens (tertiary/aromatic N) is 8. The van der Waals surface area contributed by atoms with Crippen LogP contribution in [0.3, 0.4) is 0 Å². The fraction of sp³-hybridized carbons (Fsp3) is 0.333. The van der Waals surface area contributed by atoms with Crippen molar-refractivity contribution in [3.05, 3.63) is 72.8 Å². The number of aromatic nitrogens is 8. The Hall–Kier alpha value is -5.44. The molecule has 9 rings (SSSR count). The first-order valence-corrected chi connectivity index (χ1v) is 28.6. The molecule has 0 spiro atoms. The molecule has 16 nitrogen and oxygen atoms in total. The Morgan fingerprint density at radius 2 is 0.681 bits per heavy atom. The van der Waals surface area contributed by atoms with Crippen LogP contribution in [0.15, 0.2) is 92.4 Å². The fourth-order valence-corrected chi connectivity index (χ4v) is 14.9. The normalized spacial score (nSPS) is 14.7. The third-order valence-electron chi connectivity index (χ3n) is 13.3. The van der Waals surface area contributed by atoms with Crippen LogP contribution in [0.2, 0.25) is 0 Å². The maximum atomic E-state index is 14.3. The van der Waals surface area contributed by atoms with Gasteiger partial charge < -0.3 is 29.9 Å². The first-order chi connectivity index (χ1) is 32.2. The fourth-order valence-electron chi connectivity index (χ4n) is 8.42. The van der Waals surface area contributed by atoms with Crippen LogP contribution in [0.25, 0.3) is 89.7 Å². The van der Waals surface area contributed by atoms with Crippen LogP contribution in [0.4, 0.5) is 0 Å². The van der Waals surface area contributed by atoms with E-state index < -0.39 is 60.3 Å². The van der Waals surface area contributed by atoms with E-state index in [0.717, 1.165) is 0 Å². The summed E-state index contributed by atoms with van der Waals surface area (Å²) in [4.78, 5) is 38.8. The molecule has 21 heteroatoms. The molecule has 0 saturated carbocycles. The summed E-state index contributed by atoms with van der Waals surface area (Å²) in [5, 5.41) is -2.52. The van der Waals surface area contributed by atoms with E-state index in [-0.39, 0.29) is 126 Å². The predicted octanol–water partition coefficient (Wildman–Crippen LogP) is 8.41. The van der Waals surface area contributed by atoms with Gasteiger partial charge >= 0.3 is 17.1 Å². The summed E-state index contributed by atoms with van der Waals surface area (Å²) in [6.45, 7) is 13.5. The molecule has 2 aliphatic heterocycles. The van der Waals surface area contributed by atoms with Gasteiger partial charge in [-0.15, -0.1) is 0 Å². The first-order valence-electron chi connectivity index (χ1n) is 22.4. The quantitative estimate of drug-likeness (QED) is 0.104. The van der Waals surface area contributed by atoms with Gasteiger partial charge in [0, 0.05) is 55.6 Å². The topological polar surface area (TPSA) is 242 Å². The summed E-state index contributed by atoms with van der Waals surface area (Å²) < 4.78 is 115. The van der Waals surface area contributed by atoms with Gasteiger partial charge in [-0.1, -0.05) is 76.2 Å². The SMILES string of the molecule is CCC(C)S(=O)(=O)c1cccc2c1-c1nc-2nc2[n-]c(nc3nc(nc4[n-]c(n1)c1cccc(S(=O)(=O)C(C)CC)c41)-c1cccc(S(=O)(=O)C(C)CC)c1-3)c1cccc(S(=O)(=O)C(C)CC)c21.[Cu+2]. The summed E-state index contributed by atoms with van der Waals surface area (Å²) in [6.07, 6.45) is 1.18. The molecule has 0 saturated heterocycles. The standard InChI is InChI=1S/C48H48N8O8S4.Cu/c1-9-25(5)65(57,58)33-21-13-17-29-37(33)45-49-41(29)54-46-39-31(19-15-23-35(39)67(61,62)27(7)11-3)43(51-46)56-48-40-32(20-16-24-36(40)68(63,64)28(8)12-4)44(52-48)55-47-38-30(42(50-47)53-45)18-14-22-34(38)66(59,60)26(6)10-2;/h13-28H,9-12H2,1-8H3;/q-2;+2. The van der Waals surface area contributed by atoms with Crippen LogP contribution in [0, 0.1) is 0 Å². The van der Waals surface area contributed by atoms with E-state index >= 15 is 0 Å². The van der Waals surface area contributed by atoms with Crippen LogP contribution >= 0.6 is 0 Å². The molecule has 3 aromatic heterocycles. The molecule has 8 bridgehead atoms. The Morgan fingerprint density at radius 3 is 1.01 bits per heavy atom. The van der Waals surface area contributed by atoms with Crippen molar-refractivity contribution in [2.45, 2.75) is 122 Å². The number of sulfone groups is 4. The summed E-state index contributed by atoms with van der Waals surface area (Å²) >= 11 is 0. The summed E-state index contributed by atoms with van der Waals surface area (Å²) in [7, 11) is -16.1. The maximum Gasteiger partial charge on any atom is 2.00 e. The summed E-state index contributed by atoms with van der Waals surface area (Å²) in [5.41, 5.74) is 0.427. The number of hydrogen-bond donors (Lipinski definition) is 0. The summed E-state index contributed by atoms with van der Waals surface area (Å²) in [6, 6.07) is 18.6. The third kappa shape index (κ3) is 7.89. The Labute approximate surface area is 411 Å². The van der Waals surface area contributed by atoms with Crippen molar-refractivity contribution in [2.24, 2.45) is 0 Å². The second-order valence-electron chi connectivity index (χ2n) is 17.3. The predicted molar refractivity (Wildman–Crippen MR) is 262 cm³/mol. The van der Waals surface area contributed by atoms with Crippen molar-refractivity contribution in [2.75, 3.05) is 0 Å². The number of benzene rings is 4. The molecular formula is C48H48CuN8O8S4. The van der Waals surface area contributed by atoms with Crippen molar-refractivity contribution in [1.82, 2.24) is 39.9 Å². The molecule has 4 unspecified atom stereocenters. The third-order valence-corrected chi connectivity index (χ3v) is 22.7. The smallest absolute Gasteiger partial charge is 0.357 e. The average Bonchev–Trinajstić information content (AvgIpc) is 4.08. The minimum Gasteiger partial charge on any atom is -0.357 e.